The molecule has 6 nitrogen and oxygen atoms in total. The van der Waals surface area contributed by atoms with Crippen molar-refractivity contribution in [2.24, 2.45) is 0 Å². The van der Waals surface area contributed by atoms with Gasteiger partial charge in [-0.05, 0) is 13.8 Å². The van der Waals surface area contributed by atoms with E-state index in [4.69, 9.17) is 5.11 Å². The number of amides is 2. The fraction of sp³-hybridized carbons (Fsp3) is 0.818. The van der Waals surface area contributed by atoms with Gasteiger partial charge in [0, 0.05) is 39.3 Å². The second-order valence-electron chi connectivity index (χ2n) is 4.64. The lowest BCUT2D eigenvalue weighted by Crippen LogP contribution is -2.53. The van der Waals surface area contributed by atoms with Gasteiger partial charge in [-0.2, -0.15) is 0 Å². The Morgan fingerprint density at radius 1 is 1.24 bits per heavy atom. The van der Waals surface area contributed by atoms with Crippen LogP contribution in [0.1, 0.15) is 13.8 Å². The number of hydrogen-bond donors (Lipinski definition) is 1. The Kier molecular flexibility index (Phi) is 4.74. The number of carbonyl (C=O) groups excluding carboxylic acids is 1. The van der Waals surface area contributed by atoms with Crippen molar-refractivity contribution in [1.82, 2.24) is 14.7 Å². The van der Waals surface area contributed by atoms with Gasteiger partial charge in [-0.15, -0.1) is 0 Å². The predicted molar refractivity (Wildman–Crippen MR) is 63.9 cm³/mol. The zero-order valence-electron chi connectivity index (χ0n) is 10.7. The monoisotopic (exact) mass is 243 g/mol. The average molecular weight is 243 g/mol. The summed E-state index contributed by atoms with van der Waals surface area (Å²) in [5.74, 6) is -0.816. The first-order valence-corrected chi connectivity index (χ1v) is 5.87. The van der Waals surface area contributed by atoms with Gasteiger partial charge in [-0.25, -0.2) is 4.79 Å². The van der Waals surface area contributed by atoms with E-state index in [1.54, 1.807) is 16.8 Å². The van der Waals surface area contributed by atoms with Gasteiger partial charge in [0.2, 0.25) is 0 Å². The summed E-state index contributed by atoms with van der Waals surface area (Å²) in [7, 11) is 1.79. The Morgan fingerprint density at radius 2 is 1.76 bits per heavy atom. The number of carbonyl (C=O) groups is 2. The Labute approximate surface area is 102 Å². The minimum absolute atomic E-state index is 0.0231. The van der Waals surface area contributed by atoms with Crippen LogP contribution in [0.4, 0.5) is 4.79 Å². The van der Waals surface area contributed by atoms with Crippen molar-refractivity contribution in [3.05, 3.63) is 0 Å². The first kappa shape index (κ1) is 13.8. The molecule has 98 valence electrons. The number of piperazine rings is 1. The lowest BCUT2D eigenvalue weighted by atomic mass is 10.3. The maximum atomic E-state index is 12.0. The van der Waals surface area contributed by atoms with Crippen LogP contribution in [0.15, 0.2) is 0 Å². The Hall–Kier alpha value is -1.30. The van der Waals surface area contributed by atoms with Crippen molar-refractivity contribution in [1.29, 1.82) is 0 Å². The molecule has 0 atom stereocenters. The van der Waals surface area contributed by atoms with Crippen LogP contribution in [0.5, 0.6) is 0 Å². The van der Waals surface area contributed by atoms with E-state index in [1.165, 1.54) is 0 Å². The van der Waals surface area contributed by atoms with Crippen molar-refractivity contribution in [2.45, 2.75) is 19.9 Å². The van der Waals surface area contributed by atoms with Crippen molar-refractivity contribution in [3.8, 4) is 0 Å². The van der Waals surface area contributed by atoms with E-state index < -0.39 is 5.97 Å². The molecule has 0 unspecified atom stereocenters. The summed E-state index contributed by atoms with van der Waals surface area (Å²) in [6.45, 7) is 6.46. The lowest BCUT2D eigenvalue weighted by molar-refractivity contribution is -0.138. The summed E-state index contributed by atoms with van der Waals surface area (Å²) >= 11 is 0. The Morgan fingerprint density at radius 3 is 2.18 bits per heavy atom. The molecule has 2 amide bonds. The number of aliphatic carboxylic acids is 1. The van der Waals surface area contributed by atoms with Crippen LogP contribution < -0.4 is 0 Å². The topological polar surface area (TPSA) is 64.1 Å². The summed E-state index contributed by atoms with van der Waals surface area (Å²) in [6.07, 6.45) is 0. The van der Waals surface area contributed by atoms with Crippen molar-refractivity contribution < 1.29 is 14.7 Å². The molecule has 0 saturated carbocycles. The van der Waals surface area contributed by atoms with Gasteiger partial charge in [-0.3, -0.25) is 9.69 Å². The lowest BCUT2D eigenvalue weighted by Gasteiger charge is -2.37. The molecule has 1 fully saturated rings. The third-order valence-corrected chi connectivity index (χ3v) is 3.08. The van der Waals surface area contributed by atoms with E-state index in [2.05, 4.69) is 0 Å². The smallest absolute Gasteiger partial charge is 0.320 e. The number of rotatable bonds is 3. The fourth-order valence-electron chi connectivity index (χ4n) is 1.73. The largest absolute Gasteiger partial charge is 0.480 e. The van der Waals surface area contributed by atoms with Gasteiger partial charge in [0.05, 0.1) is 6.54 Å². The zero-order valence-corrected chi connectivity index (χ0v) is 10.7. The molecule has 0 aromatic carbocycles. The van der Waals surface area contributed by atoms with Crippen LogP contribution in [-0.2, 0) is 4.79 Å². The number of urea groups is 1. The standard InChI is InChI=1S/C11H21N3O3/c1-9(2)12(3)11(17)14-6-4-13(5-7-14)8-10(15)16/h9H,4-8H2,1-3H3,(H,15,16). The maximum Gasteiger partial charge on any atom is 0.320 e. The minimum Gasteiger partial charge on any atom is -0.480 e. The molecule has 0 aromatic rings. The highest BCUT2D eigenvalue weighted by molar-refractivity contribution is 5.74. The van der Waals surface area contributed by atoms with E-state index >= 15 is 0 Å². The summed E-state index contributed by atoms with van der Waals surface area (Å²) in [4.78, 5) is 27.9. The third-order valence-electron chi connectivity index (χ3n) is 3.08. The minimum atomic E-state index is -0.816. The number of carboxylic acid groups (broad SMARTS) is 1. The normalized spacial score (nSPS) is 17.3. The highest BCUT2D eigenvalue weighted by Gasteiger charge is 2.25. The molecular formula is C11H21N3O3. The van der Waals surface area contributed by atoms with Crippen LogP contribution in [0, 0.1) is 0 Å². The van der Waals surface area contributed by atoms with Crippen LogP contribution in [-0.4, -0.2) is 77.6 Å². The second-order valence-corrected chi connectivity index (χ2v) is 4.64. The molecule has 1 aliphatic heterocycles. The maximum absolute atomic E-state index is 12.0. The summed E-state index contributed by atoms with van der Waals surface area (Å²) in [5.41, 5.74) is 0. The molecule has 1 N–H and O–H groups in total. The van der Waals surface area contributed by atoms with E-state index in [0.29, 0.717) is 26.2 Å². The molecule has 0 aliphatic carbocycles. The Balaban J connectivity index is 2.41. The van der Waals surface area contributed by atoms with E-state index in [-0.39, 0.29) is 18.6 Å². The molecule has 0 radical (unpaired) electrons. The van der Waals surface area contributed by atoms with Crippen LogP contribution in [0.25, 0.3) is 0 Å². The zero-order chi connectivity index (χ0) is 13.0. The average Bonchev–Trinajstić information content (AvgIpc) is 2.27. The molecule has 0 bridgehead atoms. The first-order valence-electron chi connectivity index (χ1n) is 5.87. The fourth-order valence-corrected chi connectivity index (χ4v) is 1.73. The van der Waals surface area contributed by atoms with Crippen molar-refractivity contribution >= 4 is 12.0 Å². The molecule has 1 aliphatic rings. The molecule has 0 spiro atoms. The summed E-state index contributed by atoms with van der Waals surface area (Å²) in [5, 5.41) is 8.67. The molecule has 0 aromatic heterocycles. The third kappa shape index (κ3) is 3.89. The summed E-state index contributed by atoms with van der Waals surface area (Å²) < 4.78 is 0. The van der Waals surface area contributed by atoms with Crippen LogP contribution in [0.2, 0.25) is 0 Å². The number of nitrogens with zero attached hydrogens (tertiary/aromatic N) is 3. The van der Waals surface area contributed by atoms with Crippen LogP contribution >= 0.6 is 0 Å². The molecule has 1 saturated heterocycles. The Bertz CT molecular complexity index is 286. The van der Waals surface area contributed by atoms with Gasteiger partial charge in [0.1, 0.15) is 0 Å². The van der Waals surface area contributed by atoms with E-state index in [1.807, 2.05) is 18.7 Å². The molecule has 6 heteroatoms. The van der Waals surface area contributed by atoms with E-state index in [0.717, 1.165) is 0 Å². The number of carboxylic acids is 1. The second kappa shape index (κ2) is 5.86. The van der Waals surface area contributed by atoms with Gasteiger partial charge in [-0.1, -0.05) is 0 Å². The van der Waals surface area contributed by atoms with Crippen LogP contribution in [0.3, 0.4) is 0 Å². The molecule has 1 heterocycles. The van der Waals surface area contributed by atoms with Gasteiger partial charge < -0.3 is 14.9 Å². The van der Waals surface area contributed by atoms with Crippen molar-refractivity contribution in [3.63, 3.8) is 0 Å². The van der Waals surface area contributed by atoms with E-state index in [9.17, 15) is 9.59 Å². The number of hydrogen-bond acceptors (Lipinski definition) is 3. The van der Waals surface area contributed by atoms with Crippen molar-refractivity contribution in [2.75, 3.05) is 39.8 Å². The highest BCUT2D eigenvalue weighted by Crippen LogP contribution is 2.06. The first-order chi connectivity index (χ1) is 7.91. The molecule has 1 rings (SSSR count). The molecule has 17 heavy (non-hydrogen) atoms. The van der Waals surface area contributed by atoms with Gasteiger partial charge in [0.25, 0.3) is 0 Å². The SMILES string of the molecule is CC(C)N(C)C(=O)N1CCN(CC(=O)O)CC1. The van der Waals surface area contributed by atoms with Gasteiger partial charge in [0.15, 0.2) is 0 Å². The van der Waals surface area contributed by atoms with Gasteiger partial charge >= 0.3 is 12.0 Å². The summed E-state index contributed by atoms with van der Waals surface area (Å²) in [6, 6.07) is 0.203. The molecular weight excluding hydrogens is 222 g/mol. The predicted octanol–water partition coefficient (Wildman–Crippen LogP) is 0.149. The highest BCUT2D eigenvalue weighted by atomic mass is 16.4. The quantitative estimate of drug-likeness (QED) is 0.766.